The fourth-order valence-corrected chi connectivity index (χ4v) is 10.2. The van der Waals surface area contributed by atoms with E-state index in [-0.39, 0.29) is 48.8 Å². The van der Waals surface area contributed by atoms with Crippen LogP contribution in [-0.2, 0) is 36.0 Å². The van der Waals surface area contributed by atoms with E-state index in [2.05, 4.69) is 15.0 Å². The number of hydrogen-bond acceptors (Lipinski definition) is 15. The van der Waals surface area contributed by atoms with Gasteiger partial charge >= 0.3 is 280 Å². The molecule has 4 rings (SSSR count). The van der Waals surface area contributed by atoms with E-state index < -0.39 is 87.4 Å². The van der Waals surface area contributed by atoms with Gasteiger partial charge in [-0.15, -0.1) is 0 Å². The number of aryl methyl sites for hydroxylation is 1. The van der Waals surface area contributed by atoms with Gasteiger partial charge in [0, 0.05) is 0 Å². The van der Waals surface area contributed by atoms with Gasteiger partial charge in [0.15, 0.2) is 5.82 Å². The van der Waals surface area contributed by atoms with Crippen LogP contribution in [0.3, 0.4) is 0 Å². The summed E-state index contributed by atoms with van der Waals surface area (Å²) in [5.41, 5.74) is 10.9. The van der Waals surface area contributed by atoms with Crippen molar-refractivity contribution in [3.05, 3.63) is 36.2 Å². The monoisotopic (exact) mass is 932 g/mol. The van der Waals surface area contributed by atoms with Crippen molar-refractivity contribution in [2.75, 3.05) is 37.4 Å². The molecule has 2 aromatic heterocycles. The van der Waals surface area contributed by atoms with Gasteiger partial charge in [-0.3, -0.25) is 0 Å². The predicted molar refractivity (Wildman–Crippen MR) is 170 cm³/mol. The summed E-state index contributed by atoms with van der Waals surface area (Å²) in [5.74, 6) is -0.590. The molecule has 1 saturated heterocycles. The number of fused-ring (bicyclic) bond motifs is 1. The predicted octanol–water partition coefficient (Wildman–Crippen LogP) is -3.23. The average molecular weight is 932 g/mol. The molecule has 6 atom stereocenters. The van der Waals surface area contributed by atoms with Crippen molar-refractivity contribution in [2.24, 2.45) is 5.92 Å². The summed E-state index contributed by atoms with van der Waals surface area (Å²) in [7, 11) is -4.15. The van der Waals surface area contributed by atoms with Gasteiger partial charge in [0.05, 0.1) is 0 Å². The number of aliphatic hydroxyl groups excluding tert-OH is 1. The van der Waals surface area contributed by atoms with E-state index in [1.165, 1.54) is 17.8 Å². The molecule has 2 unspecified atom stereocenters. The molecule has 19 heteroatoms. The molecule has 3 heterocycles. The van der Waals surface area contributed by atoms with E-state index in [1.54, 1.807) is 31.2 Å². The van der Waals surface area contributed by atoms with Crippen molar-refractivity contribution in [1.82, 2.24) is 19.5 Å². The fourth-order valence-electron chi connectivity index (χ4n) is 4.86. The number of nitrogens with two attached hydrogens (primary N) is 2. The molecule has 1 fully saturated rings. The third-order valence-electron chi connectivity index (χ3n) is 7.43. The second-order valence-electron chi connectivity index (χ2n) is 11.6. The summed E-state index contributed by atoms with van der Waals surface area (Å²) in [6.07, 6.45) is -0.770. The third-order valence-corrected chi connectivity index (χ3v) is 13.5. The van der Waals surface area contributed by atoms with Gasteiger partial charge < -0.3 is 11.5 Å². The van der Waals surface area contributed by atoms with Crippen molar-refractivity contribution in [3.63, 3.8) is 0 Å². The molecule has 0 saturated carbocycles. The molecule has 1 aliphatic rings. The number of rotatable bonds is 20. The van der Waals surface area contributed by atoms with Gasteiger partial charge in [-0.2, -0.15) is 4.98 Å². The minimum atomic E-state index is -4.15. The van der Waals surface area contributed by atoms with E-state index in [0.717, 1.165) is 12.8 Å². The molecular formula is C30H43I2N6O10P-2. The quantitative estimate of drug-likeness (QED) is 0.0378. The zero-order chi connectivity index (χ0) is 35.8. The number of imidazole rings is 1. The number of halogens is 2. The number of aliphatic hydroxyl groups is 2. The molecule has 0 spiro atoms. The zero-order valence-electron chi connectivity index (χ0n) is 27.7. The summed E-state index contributed by atoms with van der Waals surface area (Å²) in [5, 5.41) is 22.6. The first-order chi connectivity index (χ1) is 23.3. The van der Waals surface area contributed by atoms with Crippen molar-refractivity contribution in [3.8, 4) is 5.75 Å². The van der Waals surface area contributed by atoms with Crippen molar-refractivity contribution in [2.45, 2.75) is 77.4 Å². The molecule has 16 nitrogen and oxygen atoms in total. The summed E-state index contributed by atoms with van der Waals surface area (Å²) >= 11 is -2.32. The van der Waals surface area contributed by atoms with Gasteiger partial charge in [0.2, 0.25) is 5.95 Å². The topological polar surface area (TPSA) is 233 Å². The number of anilines is 2. The van der Waals surface area contributed by atoms with Gasteiger partial charge in [-0.25, -0.2) is 0 Å². The van der Waals surface area contributed by atoms with Gasteiger partial charge in [0.1, 0.15) is 0 Å². The van der Waals surface area contributed by atoms with Crippen LogP contribution in [0.25, 0.3) is 11.2 Å². The normalized spacial score (nSPS) is 22.8. The Hall–Kier alpha value is -2.04. The number of nitrogens with zero attached hydrogens (tertiary/aromatic N) is 4. The zero-order valence-corrected chi connectivity index (χ0v) is 32.9. The Morgan fingerprint density at radius 3 is 2.55 bits per heavy atom. The molecule has 3 aromatic rings. The summed E-state index contributed by atoms with van der Waals surface area (Å²) in [6, 6.07) is 6.86. The number of ether oxygens (including phenoxy) is 1. The first-order valence-electron chi connectivity index (χ1n) is 15.7. The van der Waals surface area contributed by atoms with E-state index in [0.29, 0.717) is 25.2 Å². The molecule has 0 bridgehead atoms. The van der Waals surface area contributed by atoms with Crippen molar-refractivity contribution in [1.29, 1.82) is 0 Å². The summed E-state index contributed by atoms with van der Waals surface area (Å²) in [4.78, 5) is 37.6. The molecule has 49 heavy (non-hydrogen) atoms. The van der Waals surface area contributed by atoms with Crippen LogP contribution in [0.1, 0.15) is 58.7 Å². The van der Waals surface area contributed by atoms with E-state index in [4.69, 9.17) is 31.4 Å². The van der Waals surface area contributed by atoms with Crippen molar-refractivity contribution >= 4 is 38.1 Å². The molecule has 6 N–H and O–H groups in total. The maximum atomic E-state index is 14.5. The molecule has 274 valence electrons. The fraction of sp³-hybridized carbons (Fsp3) is 0.567. The van der Waals surface area contributed by atoms with Crippen LogP contribution >= 0.6 is 7.60 Å². The minimum absolute atomic E-state index is 0.0215. The Balaban J connectivity index is 1.55. The van der Waals surface area contributed by atoms with Crippen LogP contribution in [0.4, 0.5) is 11.8 Å². The number of aromatic nitrogens is 4. The number of carbonyl (C=O) groups is 2. The van der Waals surface area contributed by atoms with Crippen LogP contribution in [0.2, 0.25) is 0 Å². The third kappa shape index (κ3) is 10.3. The Morgan fingerprint density at radius 2 is 1.84 bits per heavy atom. The van der Waals surface area contributed by atoms with Crippen LogP contribution in [0.15, 0.2) is 30.6 Å². The molecule has 0 radical (unpaired) electrons. The second kappa shape index (κ2) is 17.9. The summed E-state index contributed by atoms with van der Waals surface area (Å²) < 4.78 is 44.8. The van der Waals surface area contributed by atoms with E-state index in [1.807, 2.05) is 13.8 Å². The Kier molecular flexibility index (Phi) is 14.6. The number of carbonyl (C=O) groups excluding carboxylic acids is 2. The average Bonchev–Trinajstić information content (AvgIpc) is 3.57. The van der Waals surface area contributed by atoms with Gasteiger partial charge in [-0.1, -0.05) is 0 Å². The van der Waals surface area contributed by atoms with Crippen molar-refractivity contribution < 1.29 is 87.5 Å². The molecule has 1 aromatic carbocycles. The Bertz CT molecular complexity index is 1650. The van der Waals surface area contributed by atoms with Gasteiger partial charge in [-0.05, 0) is 0 Å². The van der Waals surface area contributed by atoms with Crippen LogP contribution in [0.5, 0.6) is 5.75 Å². The SMILES string of the molecule is CCCO[I-]C(=O)CCc1ccccc1OP(=O)(C[C@@H](C)C(=O)[I-]OCCC)OC[C@H]1O[C@@H](n2cnc3c(N)nc(N)nc32)C(C)(O)[C@H]1O. The van der Waals surface area contributed by atoms with Crippen LogP contribution in [-0.4, -0.2) is 81.1 Å². The molecular weight excluding hydrogens is 889 g/mol. The Morgan fingerprint density at radius 1 is 1.14 bits per heavy atom. The molecule has 1 aliphatic heterocycles. The standard InChI is InChI=1S/C30H43I2N6O10P/c1-5-13-44-31-22(39)12-11-19-9-7-8-10-20(19)48-49(43,16-18(3)25(41)32-45-14-6-2)46-15-21-24(40)30(4,42)28(47-21)38-17-35-23-26(33)36-29(34)37-27(23)38/h7-10,17-18,21,24,28,40,42H,5-6,11-16H2,1-4H3,(H4,33,34,36,37)/q-2/t18-,21-,24+,28-,30?,49?/m1/s1. The van der Waals surface area contributed by atoms with Crippen LogP contribution < -0.4 is 59.2 Å². The molecule has 0 amide bonds. The first-order valence-corrected chi connectivity index (χ1v) is 21.4. The van der Waals surface area contributed by atoms with E-state index in [9.17, 15) is 24.4 Å². The summed E-state index contributed by atoms with van der Waals surface area (Å²) in [6.45, 7) is 7.42. The maximum absolute atomic E-state index is 14.5. The number of para-hydroxylation sites is 1. The number of benzene rings is 1. The van der Waals surface area contributed by atoms with E-state index >= 15 is 0 Å². The van der Waals surface area contributed by atoms with Crippen LogP contribution in [0, 0.1) is 5.92 Å². The van der Waals surface area contributed by atoms with Gasteiger partial charge in [0.25, 0.3) is 0 Å². The number of nitrogen functional groups attached to an aromatic ring is 2. The number of hydrogen-bond donors (Lipinski definition) is 4. The first kappa shape index (κ1) is 39.7. The Labute approximate surface area is 306 Å². The molecule has 0 aliphatic carbocycles. The second-order valence-corrected chi connectivity index (χ2v) is 18.0.